The standard InChI is InChI=1S/C44H51N3O9/c1-29-35(46-47-45)43(53-34(36(29)48)28-49-24-30-16-8-4-9-17-30)54-40-38(51-26-32-20-12-6-13-21-32)37(50-25-31-18-10-5-11-19-31)39(41-42(40)56-44(2,3)55-41)52-27-33-22-14-7-15-23-33/h4-23,29,34-43,48H,24-28H2,1-3H3/t29?,34?,35?,36?,37?,38?,39?,40?,41-,42-,43?/m0/s1. The second-order valence-electron chi connectivity index (χ2n) is 15.0. The minimum Gasteiger partial charge on any atom is -0.390 e. The molecule has 9 unspecified atom stereocenters. The van der Waals surface area contributed by atoms with Crippen molar-refractivity contribution in [2.45, 2.75) is 114 Å². The molecule has 0 bridgehead atoms. The van der Waals surface area contributed by atoms with Crippen LogP contribution in [0.3, 0.4) is 0 Å². The summed E-state index contributed by atoms with van der Waals surface area (Å²) in [6.45, 7) is 6.74. The summed E-state index contributed by atoms with van der Waals surface area (Å²) in [4.78, 5) is 3.13. The van der Waals surface area contributed by atoms with Crippen molar-refractivity contribution in [3.05, 3.63) is 154 Å². The van der Waals surface area contributed by atoms with E-state index >= 15 is 0 Å². The Morgan fingerprint density at radius 1 is 0.643 bits per heavy atom. The van der Waals surface area contributed by atoms with Crippen LogP contribution in [-0.4, -0.2) is 78.7 Å². The zero-order valence-electron chi connectivity index (χ0n) is 32.0. The minimum absolute atomic E-state index is 0.0821. The lowest BCUT2D eigenvalue weighted by Gasteiger charge is -2.49. The number of fused-ring (bicyclic) bond motifs is 1. The van der Waals surface area contributed by atoms with Crippen LogP contribution in [-0.2, 0) is 64.3 Å². The number of hydrogen-bond donors (Lipinski definition) is 1. The first-order chi connectivity index (χ1) is 27.3. The lowest BCUT2D eigenvalue weighted by Crippen LogP contribution is -2.67. The smallest absolute Gasteiger partial charge is 0.167 e. The summed E-state index contributed by atoms with van der Waals surface area (Å²) in [6.07, 6.45) is -7.26. The van der Waals surface area contributed by atoms with Crippen LogP contribution >= 0.6 is 0 Å². The van der Waals surface area contributed by atoms with E-state index in [0.29, 0.717) is 13.2 Å². The van der Waals surface area contributed by atoms with Crippen molar-refractivity contribution in [3.8, 4) is 0 Å². The van der Waals surface area contributed by atoms with Crippen molar-refractivity contribution in [1.82, 2.24) is 0 Å². The summed E-state index contributed by atoms with van der Waals surface area (Å²) in [5.41, 5.74) is 13.6. The molecule has 1 N–H and O–H groups in total. The number of aliphatic hydroxyl groups excluding tert-OH is 1. The Bertz CT molecular complexity index is 1830. The van der Waals surface area contributed by atoms with Crippen molar-refractivity contribution in [3.63, 3.8) is 0 Å². The van der Waals surface area contributed by atoms with Gasteiger partial charge in [-0.05, 0) is 47.6 Å². The fourth-order valence-electron chi connectivity index (χ4n) is 7.71. The van der Waals surface area contributed by atoms with Gasteiger partial charge in [-0.15, -0.1) is 0 Å². The number of ether oxygens (including phenoxy) is 8. The normalized spacial score (nSPS) is 31.0. The van der Waals surface area contributed by atoms with Gasteiger partial charge < -0.3 is 43.0 Å². The predicted octanol–water partition coefficient (Wildman–Crippen LogP) is 7.28. The summed E-state index contributed by atoms with van der Waals surface area (Å²) in [5.74, 6) is -1.55. The van der Waals surface area contributed by atoms with Gasteiger partial charge in [0.05, 0.1) is 45.2 Å². The molecule has 1 saturated carbocycles. The Kier molecular flexibility index (Phi) is 13.5. The molecule has 296 valence electrons. The Morgan fingerprint density at radius 3 is 1.55 bits per heavy atom. The van der Waals surface area contributed by atoms with E-state index in [1.807, 2.05) is 142 Å². The lowest BCUT2D eigenvalue weighted by atomic mass is 9.83. The third-order valence-electron chi connectivity index (χ3n) is 10.6. The molecular weight excluding hydrogens is 714 g/mol. The quantitative estimate of drug-likeness (QED) is 0.0708. The fraction of sp³-hybridized carbons (Fsp3) is 0.455. The maximum Gasteiger partial charge on any atom is 0.167 e. The molecule has 12 heteroatoms. The highest BCUT2D eigenvalue weighted by atomic mass is 16.8. The molecule has 4 aromatic carbocycles. The van der Waals surface area contributed by atoms with E-state index in [4.69, 9.17) is 37.9 Å². The highest BCUT2D eigenvalue weighted by Gasteiger charge is 2.61. The second-order valence-corrected chi connectivity index (χ2v) is 15.0. The summed E-state index contributed by atoms with van der Waals surface area (Å²) in [7, 11) is 0. The highest BCUT2D eigenvalue weighted by Crippen LogP contribution is 2.44. The molecule has 4 aromatic rings. The molecule has 7 rings (SSSR count). The molecule has 3 aliphatic rings. The minimum atomic E-state index is -1.10. The molecular formula is C44H51N3O9. The van der Waals surface area contributed by atoms with E-state index in [9.17, 15) is 10.6 Å². The summed E-state index contributed by atoms with van der Waals surface area (Å²) < 4.78 is 53.3. The first-order valence-electron chi connectivity index (χ1n) is 19.3. The van der Waals surface area contributed by atoms with Gasteiger partial charge in [-0.3, -0.25) is 0 Å². The van der Waals surface area contributed by atoms with Crippen LogP contribution in [0.15, 0.2) is 126 Å². The molecule has 11 atom stereocenters. The van der Waals surface area contributed by atoms with Gasteiger partial charge in [0.1, 0.15) is 42.7 Å². The summed E-state index contributed by atoms with van der Waals surface area (Å²) in [5, 5.41) is 15.5. The van der Waals surface area contributed by atoms with Crippen LogP contribution in [0.1, 0.15) is 43.0 Å². The number of rotatable bonds is 16. The van der Waals surface area contributed by atoms with E-state index in [2.05, 4.69) is 10.0 Å². The number of hydrogen-bond acceptors (Lipinski definition) is 10. The molecule has 0 aromatic heterocycles. The molecule has 2 aliphatic heterocycles. The number of nitrogens with zero attached hydrogens (tertiary/aromatic N) is 3. The van der Waals surface area contributed by atoms with Crippen LogP contribution in [0.4, 0.5) is 0 Å². The van der Waals surface area contributed by atoms with Gasteiger partial charge in [-0.1, -0.05) is 133 Å². The first-order valence-corrected chi connectivity index (χ1v) is 19.3. The summed E-state index contributed by atoms with van der Waals surface area (Å²) >= 11 is 0. The molecule has 12 nitrogen and oxygen atoms in total. The Hall–Kier alpha value is -4.17. The molecule has 0 spiro atoms. The Balaban J connectivity index is 1.23. The van der Waals surface area contributed by atoms with Crippen LogP contribution in [0.5, 0.6) is 0 Å². The summed E-state index contributed by atoms with van der Waals surface area (Å²) in [6, 6.07) is 38.6. The van der Waals surface area contributed by atoms with Crippen LogP contribution < -0.4 is 0 Å². The monoisotopic (exact) mass is 765 g/mol. The van der Waals surface area contributed by atoms with Crippen LogP contribution in [0.2, 0.25) is 0 Å². The number of benzene rings is 4. The maximum atomic E-state index is 11.4. The maximum absolute atomic E-state index is 11.4. The third-order valence-corrected chi connectivity index (χ3v) is 10.6. The molecule has 56 heavy (non-hydrogen) atoms. The number of azide groups is 1. The third kappa shape index (κ3) is 9.85. The largest absolute Gasteiger partial charge is 0.390 e. The second kappa shape index (κ2) is 18.8. The zero-order valence-corrected chi connectivity index (χ0v) is 32.0. The van der Waals surface area contributed by atoms with Crippen molar-refractivity contribution in [2.24, 2.45) is 11.0 Å². The van der Waals surface area contributed by atoms with Gasteiger partial charge in [0.2, 0.25) is 0 Å². The van der Waals surface area contributed by atoms with Gasteiger partial charge >= 0.3 is 0 Å². The van der Waals surface area contributed by atoms with E-state index in [1.165, 1.54) is 0 Å². The Labute approximate surface area is 328 Å². The number of aliphatic hydroxyl groups is 1. The molecule has 2 heterocycles. The zero-order chi connectivity index (χ0) is 38.9. The molecule has 1 aliphatic carbocycles. The van der Waals surface area contributed by atoms with Crippen molar-refractivity contribution in [2.75, 3.05) is 6.61 Å². The van der Waals surface area contributed by atoms with Crippen molar-refractivity contribution < 1.29 is 43.0 Å². The van der Waals surface area contributed by atoms with Gasteiger partial charge in [0.15, 0.2) is 12.1 Å². The average Bonchev–Trinajstić information content (AvgIpc) is 3.55. The lowest BCUT2D eigenvalue weighted by molar-refractivity contribution is -0.315. The predicted molar refractivity (Wildman–Crippen MR) is 207 cm³/mol. The van der Waals surface area contributed by atoms with E-state index < -0.39 is 72.9 Å². The highest BCUT2D eigenvalue weighted by molar-refractivity contribution is 5.17. The van der Waals surface area contributed by atoms with Gasteiger partial charge in [0, 0.05) is 4.91 Å². The topological polar surface area (TPSA) is 143 Å². The van der Waals surface area contributed by atoms with Crippen molar-refractivity contribution >= 4 is 0 Å². The van der Waals surface area contributed by atoms with E-state index in [1.54, 1.807) is 0 Å². The molecule has 2 saturated heterocycles. The SMILES string of the molecule is CC1C(O)C(COCc2ccccc2)OC(OC2C(OCc3ccccc3)C(OCc3ccccc3)C(OCc3ccccc3)[C@@H]3OC(C)(C)O[C@@H]23)C1N=[N+]=[N-]. The Morgan fingerprint density at radius 2 is 1.07 bits per heavy atom. The van der Waals surface area contributed by atoms with Crippen LogP contribution in [0, 0.1) is 5.92 Å². The van der Waals surface area contributed by atoms with Crippen molar-refractivity contribution in [1.29, 1.82) is 0 Å². The van der Waals surface area contributed by atoms with Gasteiger partial charge in [-0.25, -0.2) is 0 Å². The molecule has 0 amide bonds. The fourth-order valence-corrected chi connectivity index (χ4v) is 7.71. The van der Waals surface area contributed by atoms with Gasteiger partial charge in [0.25, 0.3) is 0 Å². The van der Waals surface area contributed by atoms with Crippen LogP contribution in [0.25, 0.3) is 10.4 Å². The average molecular weight is 766 g/mol. The molecule has 0 radical (unpaired) electrons. The first kappa shape index (κ1) is 40.0. The van der Waals surface area contributed by atoms with Gasteiger partial charge in [-0.2, -0.15) is 0 Å². The van der Waals surface area contributed by atoms with E-state index in [0.717, 1.165) is 22.3 Å². The van der Waals surface area contributed by atoms with E-state index in [-0.39, 0.29) is 19.8 Å². The molecule has 3 fully saturated rings.